The Morgan fingerprint density at radius 3 is 2.57 bits per heavy atom. The van der Waals surface area contributed by atoms with Crippen molar-refractivity contribution in [2.45, 2.75) is 13.0 Å². The molecule has 1 heterocycles. The van der Waals surface area contributed by atoms with Crippen LogP contribution in [0, 0.1) is 5.82 Å². The van der Waals surface area contributed by atoms with Crippen molar-refractivity contribution in [3.63, 3.8) is 0 Å². The van der Waals surface area contributed by atoms with E-state index in [4.69, 9.17) is 9.47 Å². The van der Waals surface area contributed by atoms with Crippen molar-refractivity contribution < 1.29 is 23.6 Å². The Hall–Kier alpha value is -2.77. The third kappa shape index (κ3) is 5.37. The smallest absolute Gasteiger partial charge is 0.277 e. The molecule has 7 heteroatoms. The molecule has 3 rings (SSSR count). The van der Waals surface area contributed by atoms with E-state index in [1.54, 1.807) is 12.1 Å². The van der Waals surface area contributed by atoms with Gasteiger partial charge in [0.15, 0.2) is 24.2 Å². The quantitative estimate of drug-likeness (QED) is 0.558. The SMILES string of the molecule is C/C(=N/NC(=O)COc1ccccc1F)[C@@H](c1ccccc1)[NH+]1CCOCC1. The van der Waals surface area contributed by atoms with E-state index in [2.05, 4.69) is 22.7 Å². The highest BCUT2D eigenvalue weighted by atomic mass is 19.1. The Labute approximate surface area is 163 Å². The van der Waals surface area contributed by atoms with E-state index < -0.39 is 11.7 Å². The van der Waals surface area contributed by atoms with Gasteiger partial charge in [0.05, 0.1) is 18.9 Å². The number of rotatable bonds is 7. The lowest BCUT2D eigenvalue weighted by molar-refractivity contribution is -0.928. The van der Waals surface area contributed by atoms with Crippen LogP contribution in [0.2, 0.25) is 0 Å². The third-order valence-corrected chi connectivity index (χ3v) is 4.65. The summed E-state index contributed by atoms with van der Waals surface area (Å²) in [6.45, 7) is 4.74. The molecule has 0 unspecified atom stereocenters. The molecule has 1 fully saturated rings. The summed E-state index contributed by atoms with van der Waals surface area (Å²) in [7, 11) is 0. The van der Waals surface area contributed by atoms with Crippen LogP contribution in [0.5, 0.6) is 5.75 Å². The van der Waals surface area contributed by atoms with Crippen molar-refractivity contribution >= 4 is 11.6 Å². The van der Waals surface area contributed by atoms with Gasteiger partial charge in [0.2, 0.25) is 0 Å². The zero-order valence-electron chi connectivity index (χ0n) is 15.9. The largest absolute Gasteiger partial charge is 0.481 e. The first-order valence-electron chi connectivity index (χ1n) is 9.33. The molecule has 1 atom stereocenters. The molecule has 0 saturated carbocycles. The summed E-state index contributed by atoms with van der Waals surface area (Å²) < 4.78 is 24.2. The second kappa shape index (κ2) is 9.96. The van der Waals surface area contributed by atoms with E-state index in [1.165, 1.54) is 17.0 Å². The molecule has 6 nitrogen and oxygen atoms in total. The van der Waals surface area contributed by atoms with Gasteiger partial charge in [-0.2, -0.15) is 5.10 Å². The molecule has 0 spiro atoms. The fraction of sp³-hybridized carbons (Fsp3) is 0.333. The van der Waals surface area contributed by atoms with Gasteiger partial charge in [0.1, 0.15) is 13.1 Å². The van der Waals surface area contributed by atoms with E-state index >= 15 is 0 Å². The normalized spacial score (nSPS) is 16.4. The van der Waals surface area contributed by atoms with Crippen molar-refractivity contribution in [3.05, 3.63) is 66.0 Å². The molecule has 2 N–H and O–H groups in total. The second-order valence-electron chi connectivity index (χ2n) is 6.62. The van der Waals surface area contributed by atoms with Crippen LogP contribution >= 0.6 is 0 Å². The van der Waals surface area contributed by atoms with Crippen LogP contribution in [-0.2, 0) is 9.53 Å². The number of hydrazone groups is 1. The van der Waals surface area contributed by atoms with E-state index in [1.807, 2.05) is 25.1 Å². The summed E-state index contributed by atoms with van der Waals surface area (Å²) in [5.74, 6) is -0.903. The van der Waals surface area contributed by atoms with Crippen LogP contribution in [0.15, 0.2) is 59.7 Å². The number of ether oxygens (including phenoxy) is 2. The number of morpholine rings is 1. The summed E-state index contributed by atoms with van der Waals surface area (Å²) in [6, 6.07) is 16.1. The number of benzene rings is 2. The average molecular weight is 386 g/mol. The van der Waals surface area contributed by atoms with Gasteiger partial charge in [-0.3, -0.25) is 4.79 Å². The minimum absolute atomic E-state index is 0.0258. The number of carbonyl (C=O) groups excluding carboxylic acids is 1. The zero-order valence-corrected chi connectivity index (χ0v) is 15.9. The number of carbonyl (C=O) groups is 1. The van der Waals surface area contributed by atoms with Crippen LogP contribution in [-0.4, -0.2) is 44.5 Å². The van der Waals surface area contributed by atoms with E-state index in [-0.39, 0.29) is 18.4 Å². The highest BCUT2D eigenvalue weighted by Crippen LogP contribution is 2.15. The van der Waals surface area contributed by atoms with E-state index in [9.17, 15) is 9.18 Å². The first-order chi connectivity index (χ1) is 13.6. The molecule has 0 radical (unpaired) electrons. The Balaban J connectivity index is 1.64. The molecule has 0 aromatic heterocycles. The fourth-order valence-electron chi connectivity index (χ4n) is 3.29. The molecule has 28 heavy (non-hydrogen) atoms. The number of halogens is 1. The molecular formula is C21H25FN3O3+. The number of quaternary nitrogens is 1. The number of hydrogen-bond acceptors (Lipinski definition) is 4. The molecule has 148 valence electrons. The predicted molar refractivity (Wildman–Crippen MR) is 104 cm³/mol. The monoisotopic (exact) mass is 386 g/mol. The minimum atomic E-state index is -0.505. The van der Waals surface area contributed by atoms with Gasteiger partial charge in [-0.15, -0.1) is 0 Å². The lowest BCUT2D eigenvalue weighted by Crippen LogP contribution is -3.15. The Morgan fingerprint density at radius 2 is 1.86 bits per heavy atom. The zero-order chi connectivity index (χ0) is 19.8. The van der Waals surface area contributed by atoms with Gasteiger partial charge in [0.25, 0.3) is 5.91 Å². The van der Waals surface area contributed by atoms with Gasteiger partial charge in [0, 0.05) is 5.56 Å². The molecule has 1 amide bonds. The van der Waals surface area contributed by atoms with Gasteiger partial charge in [-0.25, -0.2) is 9.82 Å². The van der Waals surface area contributed by atoms with Crippen molar-refractivity contribution in [2.24, 2.45) is 5.10 Å². The molecule has 2 aromatic rings. The van der Waals surface area contributed by atoms with Crippen LogP contribution in [0.3, 0.4) is 0 Å². The Bertz CT molecular complexity index is 808. The third-order valence-electron chi connectivity index (χ3n) is 4.65. The van der Waals surface area contributed by atoms with Crippen molar-refractivity contribution in [1.29, 1.82) is 0 Å². The van der Waals surface area contributed by atoms with Crippen LogP contribution in [0.25, 0.3) is 0 Å². The van der Waals surface area contributed by atoms with Crippen LogP contribution in [0.4, 0.5) is 4.39 Å². The summed E-state index contributed by atoms with van der Waals surface area (Å²) in [5, 5.41) is 4.29. The first kappa shape index (κ1) is 20.0. The average Bonchev–Trinajstić information content (AvgIpc) is 2.73. The maximum absolute atomic E-state index is 13.6. The molecule has 2 aromatic carbocycles. The number of nitrogens with zero attached hydrogens (tertiary/aromatic N) is 1. The number of para-hydroxylation sites is 1. The molecule has 0 bridgehead atoms. The van der Waals surface area contributed by atoms with Crippen LogP contribution < -0.4 is 15.1 Å². The van der Waals surface area contributed by atoms with Crippen molar-refractivity contribution in [1.82, 2.24) is 5.43 Å². The Kier molecular flexibility index (Phi) is 7.11. The molecule has 1 aliphatic heterocycles. The molecule has 1 aliphatic rings. The number of amides is 1. The van der Waals surface area contributed by atoms with Gasteiger partial charge >= 0.3 is 0 Å². The van der Waals surface area contributed by atoms with Gasteiger partial charge in [-0.05, 0) is 19.1 Å². The molecule has 0 aliphatic carbocycles. The summed E-state index contributed by atoms with van der Waals surface area (Å²) >= 11 is 0. The van der Waals surface area contributed by atoms with Crippen molar-refractivity contribution in [3.8, 4) is 5.75 Å². The lowest BCUT2D eigenvalue weighted by atomic mass is 10.0. The standard InChI is InChI=1S/C21H24FN3O3/c1-16(23-24-20(26)15-28-19-10-6-5-9-18(19)22)21(17-7-3-2-4-8-17)25-11-13-27-14-12-25/h2-10,21H,11-15H2,1H3,(H,24,26)/p+1/b23-16-/t21-/m0/s1. The van der Waals surface area contributed by atoms with Crippen LogP contribution in [0.1, 0.15) is 18.5 Å². The maximum Gasteiger partial charge on any atom is 0.277 e. The lowest BCUT2D eigenvalue weighted by Gasteiger charge is -2.31. The maximum atomic E-state index is 13.6. The predicted octanol–water partition coefficient (Wildman–Crippen LogP) is 1.35. The summed E-state index contributed by atoms with van der Waals surface area (Å²) in [5.41, 5.74) is 4.45. The number of nitrogens with one attached hydrogen (secondary N) is 2. The first-order valence-corrected chi connectivity index (χ1v) is 9.33. The Morgan fingerprint density at radius 1 is 1.18 bits per heavy atom. The van der Waals surface area contributed by atoms with E-state index in [0.29, 0.717) is 13.2 Å². The topological polar surface area (TPSA) is 64.4 Å². The van der Waals surface area contributed by atoms with Gasteiger partial charge < -0.3 is 14.4 Å². The highest BCUT2D eigenvalue weighted by molar-refractivity contribution is 5.88. The highest BCUT2D eigenvalue weighted by Gasteiger charge is 2.29. The summed E-state index contributed by atoms with van der Waals surface area (Å²) in [4.78, 5) is 13.4. The summed E-state index contributed by atoms with van der Waals surface area (Å²) in [6.07, 6.45) is 0. The number of hydrogen-bond donors (Lipinski definition) is 2. The van der Waals surface area contributed by atoms with E-state index in [0.717, 1.165) is 24.4 Å². The molecular weight excluding hydrogens is 361 g/mol. The minimum Gasteiger partial charge on any atom is -0.481 e. The fourth-order valence-corrected chi connectivity index (χ4v) is 3.29. The second-order valence-corrected chi connectivity index (χ2v) is 6.62. The molecule has 1 saturated heterocycles. The van der Waals surface area contributed by atoms with Crippen molar-refractivity contribution in [2.75, 3.05) is 32.9 Å². The van der Waals surface area contributed by atoms with Gasteiger partial charge in [-0.1, -0.05) is 42.5 Å².